The Kier molecular flexibility index (Phi) is 6.90. The van der Waals surface area contributed by atoms with Crippen LogP contribution in [0.15, 0.2) is 41.4 Å². The van der Waals surface area contributed by atoms with E-state index in [1.165, 1.54) is 11.7 Å². The van der Waals surface area contributed by atoms with E-state index in [-0.39, 0.29) is 11.4 Å². The van der Waals surface area contributed by atoms with Crippen molar-refractivity contribution in [2.24, 2.45) is 0 Å². The summed E-state index contributed by atoms with van der Waals surface area (Å²) in [6.07, 6.45) is 3.68. The van der Waals surface area contributed by atoms with Crippen LogP contribution in [0.4, 0.5) is 0 Å². The highest BCUT2D eigenvalue weighted by Crippen LogP contribution is 2.22. The van der Waals surface area contributed by atoms with Crippen molar-refractivity contribution < 1.29 is 18.4 Å². The zero-order valence-electron chi connectivity index (χ0n) is 14.9. The second kappa shape index (κ2) is 8.93. The van der Waals surface area contributed by atoms with Gasteiger partial charge in [0, 0.05) is 6.54 Å². The number of hydroxylamine groups is 1. The van der Waals surface area contributed by atoms with Crippen molar-refractivity contribution in [2.45, 2.75) is 38.0 Å². The van der Waals surface area contributed by atoms with Gasteiger partial charge in [-0.25, -0.2) is 18.6 Å². The lowest BCUT2D eigenvalue weighted by molar-refractivity contribution is -0.129. The molecule has 1 heterocycles. The first-order chi connectivity index (χ1) is 12.4. The second-order valence-electron chi connectivity index (χ2n) is 5.92. The zero-order chi connectivity index (χ0) is 19.2. The lowest BCUT2D eigenvalue weighted by Crippen LogP contribution is -2.40. The highest BCUT2D eigenvalue weighted by atomic mass is 32.2. The number of nitrogens with one attached hydrogen (secondary N) is 1. The summed E-state index contributed by atoms with van der Waals surface area (Å²) in [5.41, 5.74) is 2.70. The molecule has 0 saturated carbocycles. The number of unbranched alkanes of at least 4 members (excludes halogenated alkanes) is 2. The minimum absolute atomic E-state index is 0.0450. The average Bonchev–Trinajstić information content (AvgIpc) is 3.03. The van der Waals surface area contributed by atoms with Gasteiger partial charge in [0.05, 0.1) is 24.1 Å². The molecule has 0 fully saturated rings. The van der Waals surface area contributed by atoms with Crippen LogP contribution < -0.4 is 5.48 Å². The van der Waals surface area contributed by atoms with Gasteiger partial charge < -0.3 is 0 Å². The monoisotopic (exact) mass is 380 g/mol. The molecule has 2 rings (SSSR count). The van der Waals surface area contributed by atoms with Crippen LogP contribution in [0, 0.1) is 6.92 Å². The largest absolute Gasteiger partial charge is 0.289 e. The normalized spacial score (nSPS) is 11.7. The summed E-state index contributed by atoms with van der Waals surface area (Å²) in [5.74, 6) is -0.779. The van der Waals surface area contributed by atoms with Crippen LogP contribution in [0.3, 0.4) is 0 Å². The molecule has 0 unspecified atom stereocenters. The van der Waals surface area contributed by atoms with Gasteiger partial charge in [-0.3, -0.25) is 10.0 Å². The molecule has 0 spiro atoms. The number of amides is 1. The Morgan fingerprint density at radius 3 is 2.58 bits per heavy atom. The number of nitrogens with zero attached hydrogens (tertiary/aromatic N) is 3. The third kappa shape index (κ3) is 4.48. The Bertz CT molecular complexity index is 834. The number of aromatic nitrogens is 2. The quantitative estimate of drug-likeness (QED) is 0.393. The third-order valence-corrected chi connectivity index (χ3v) is 5.99. The third-order valence-electron chi connectivity index (χ3n) is 4.04. The van der Waals surface area contributed by atoms with E-state index in [4.69, 9.17) is 5.21 Å². The average molecular weight is 380 g/mol. The molecule has 1 amide bonds. The first-order valence-electron chi connectivity index (χ1n) is 8.45. The molecule has 0 aliphatic carbocycles. The van der Waals surface area contributed by atoms with Crippen LogP contribution in [0.2, 0.25) is 0 Å². The summed E-state index contributed by atoms with van der Waals surface area (Å²) >= 11 is 0. The fraction of sp³-hybridized carbons (Fsp3) is 0.412. The van der Waals surface area contributed by atoms with Crippen molar-refractivity contribution in [3.63, 3.8) is 0 Å². The first-order valence-corrected chi connectivity index (χ1v) is 9.89. The van der Waals surface area contributed by atoms with E-state index in [2.05, 4.69) is 5.10 Å². The number of carbonyl (C=O) groups is 1. The van der Waals surface area contributed by atoms with Gasteiger partial charge in [0.2, 0.25) is 10.0 Å². The fourth-order valence-electron chi connectivity index (χ4n) is 2.63. The van der Waals surface area contributed by atoms with Gasteiger partial charge in [-0.1, -0.05) is 38.0 Å². The maximum absolute atomic E-state index is 13.1. The fourth-order valence-corrected chi connectivity index (χ4v) is 4.21. The van der Waals surface area contributed by atoms with Gasteiger partial charge in [0.25, 0.3) is 5.91 Å². The van der Waals surface area contributed by atoms with Crippen LogP contribution in [0.1, 0.15) is 31.9 Å². The Morgan fingerprint density at radius 1 is 1.27 bits per heavy atom. The Morgan fingerprint density at radius 2 is 1.96 bits per heavy atom. The smallest absolute Gasteiger partial charge is 0.258 e. The van der Waals surface area contributed by atoms with Crippen molar-refractivity contribution in [3.05, 3.63) is 42.2 Å². The second-order valence-corrected chi connectivity index (χ2v) is 7.83. The molecule has 0 aliphatic heterocycles. The van der Waals surface area contributed by atoms with Crippen LogP contribution in [0.25, 0.3) is 5.69 Å². The van der Waals surface area contributed by atoms with E-state index in [0.717, 1.165) is 22.8 Å². The summed E-state index contributed by atoms with van der Waals surface area (Å²) in [7, 11) is -3.93. The van der Waals surface area contributed by atoms with Gasteiger partial charge in [0.1, 0.15) is 4.90 Å². The molecule has 8 nitrogen and oxygen atoms in total. The summed E-state index contributed by atoms with van der Waals surface area (Å²) in [6.45, 7) is 3.43. The summed E-state index contributed by atoms with van der Waals surface area (Å²) in [6, 6.07) is 9.20. The molecule has 2 aromatic rings. The number of hydrogen-bond acceptors (Lipinski definition) is 5. The topological polar surface area (TPSA) is 105 Å². The van der Waals surface area contributed by atoms with Crippen molar-refractivity contribution in [3.8, 4) is 5.69 Å². The maximum atomic E-state index is 13.1. The molecular weight excluding hydrogens is 356 g/mol. The number of rotatable bonds is 9. The predicted molar refractivity (Wildman–Crippen MR) is 96.5 cm³/mol. The molecule has 0 atom stereocenters. The molecule has 2 N–H and O–H groups in total. The molecule has 0 saturated heterocycles. The van der Waals surface area contributed by atoms with E-state index < -0.39 is 22.5 Å². The van der Waals surface area contributed by atoms with Crippen LogP contribution in [-0.4, -0.2) is 46.7 Å². The lowest BCUT2D eigenvalue weighted by Gasteiger charge is -2.21. The number of para-hydroxylation sites is 1. The van der Waals surface area contributed by atoms with Crippen molar-refractivity contribution in [1.82, 2.24) is 19.6 Å². The molecular formula is C17H24N4O4S. The maximum Gasteiger partial charge on any atom is 0.258 e. The van der Waals surface area contributed by atoms with E-state index in [1.807, 2.05) is 37.3 Å². The van der Waals surface area contributed by atoms with Crippen LogP contribution in [-0.2, 0) is 14.8 Å². The van der Waals surface area contributed by atoms with E-state index in [9.17, 15) is 13.2 Å². The molecule has 142 valence electrons. The van der Waals surface area contributed by atoms with E-state index in [1.54, 1.807) is 11.6 Å². The van der Waals surface area contributed by atoms with E-state index >= 15 is 0 Å². The van der Waals surface area contributed by atoms with Gasteiger partial charge in [-0.15, -0.1) is 0 Å². The van der Waals surface area contributed by atoms with Crippen LogP contribution >= 0.6 is 0 Å². The Labute approximate surface area is 153 Å². The molecule has 0 bridgehead atoms. The summed E-state index contributed by atoms with van der Waals surface area (Å²) < 4.78 is 28.7. The zero-order valence-corrected chi connectivity index (χ0v) is 15.7. The minimum Gasteiger partial charge on any atom is -0.289 e. The molecule has 9 heteroatoms. The molecule has 1 aromatic heterocycles. The van der Waals surface area contributed by atoms with Gasteiger partial charge in [-0.05, 0) is 25.5 Å². The number of sulfonamides is 1. The van der Waals surface area contributed by atoms with Crippen molar-refractivity contribution >= 4 is 15.9 Å². The highest BCUT2D eigenvalue weighted by molar-refractivity contribution is 7.89. The molecule has 1 aromatic carbocycles. The number of hydrogen-bond donors (Lipinski definition) is 2. The number of benzene rings is 1. The molecule has 0 radical (unpaired) electrons. The summed E-state index contributed by atoms with van der Waals surface area (Å²) in [4.78, 5) is 11.6. The van der Waals surface area contributed by atoms with Gasteiger partial charge in [0.15, 0.2) is 0 Å². The molecule has 26 heavy (non-hydrogen) atoms. The van der Waals surface area contributed by atoms with Crippen LogP contribution in [0.5, 0.6) is 0 Å². The van der Waals surface area contributed by atoms with Crippen molar-refractivity contribution in [1.29, 1.82) is 0 Å². The lowest BCUT2D eigenvalue weighted by atomic mass is 10.2. The Balaban J connectivity index is 2.36. The van der Waals surface area contributed by atoms with Crippen molar-refractivity contribution in [2.75, 3.05) is 13.1 Å². The highest BCUT2D eigenvalue weighted by Gasteiger charge is 2.30. The van der Waals surface area contributed by atoms with Gasteiger partial charge in [-0.2, -0.15) is 9.40 Å². The SMILES string of the molecule is CCCCCN(CC(=O)NO)S(=O)(=O)c1cnn(-c2ccccc2)c1C. The van der Waals surface area contributed by atoms with E-state index in [0.29, 0.717) is 12.1 Å². The predicted octanol–water partition coefficient (Wildman–Crippen LogP) is 1.87. The first kappa shape index (κ1) is 20.1. The standard InChI is InChI=1S/C17H24N4O4S/c1-3-4-8-11-20(13-17(22)19-23)26(24,25)16-12-18-21(14(16)2)15-9-6-5-7-10-15/h5-7,9-10,12,23H,3-4,8,11,13H2,1-2H3,(H,19,22). The van der Waals surface area contributed by atoms with Gasteiger partial charge >= 0.3 is 0 Å². The summed E-state index contributed by atoms with van der Waals surface area (Å²) in [5, 5.41) is 13.0. The minimum atomic E-state index is -3.93. The Hall–Kier alpha value is -2.23. The molecule has 0 aliphatic rings. The number of carbonyl (C=O) groups excluding carboxylic acids is 1.